The Balaban J connectivity index is 0.00000225. The van der Waals surface area contributed by atoms with Crippen molar-refractivity contribution in [3.05, 3.63) is 96.1 Å². The van der Waals surface area contributed by atoms with Crippen LogP contribution in [0.5, 0.6) is 0 Å². The van der Waals surface area contributed by atoms with Crippen LogP contribution in [0.3, 0.4) is 0 Å². The molecule has 0 bridgehead atoms. The SMILES string of the molecule is Cl.O[C@](Cc1ccccc1-c1ccccc1)(c1ccccc1)[C@H]1CNCCO1. The Morgan fingerprint density at radius 3 is 2.21 bits per heavy atom. The Labute approximate surface area is 172 Å². The fourth-order valence-corrected chi connectivity index (χ4v) is 3.86. The molecule has 3 aromatic rings. The monoisotopic (exact) mass is 395 g/mol. The molecule has 0 unspecified atom stereocenters. The third-order valence-electron chi connectivity index (χ3n) is 5.30. The average Bonchev–Trinajstić information content (AvgIpc) is 2.76. The minimum atomic E-state index is -1.10. The Hall–Kier alpha value is -2.17. The van der Waals surface area contributed by atoms with Crippen molar-refractivity contribution in [3.63, 3.8) is 0 Å². The Bertz CT molecular complexity index is 866. The molecule has 28 heavy (non-hydrogen) atoms. The van der Waals surface area contributed by atoms with E-state index in [9.17, 15) is 5.11 Å². The molecular formula is C24H26ClNO2. The fraction of sp³-hybridized carbons (Fsp3) is 0.250. The zero-order valence-corrected chi connectivity index (χ0v) is 16.6. The number of morpholine rings is 1. The first-order valence-electron chi connectivity index (χ1n) is 9.51. The van der Waals surface area contributed by atoms with E-state index in [0.717, 1.165) is 28.8 Å². The number of hydrogen-bond acceptors (Lipinski definition) is 3. The second kappa shape index (κ2) is 9.35. The van der Waals surface area contributed by atoms with Crippen molar-refractivity contribution in [2.45, 2.75) is 18.1 Å². The first-order chi connectivity index (χ1) is 13.3. The molecule has 3 aromatic carbocycles. The predicted molar refractivity (Wildman–Crippen MR) is 116 cm³/mol. The smallest absolute Gasteiger partial charge is 0.121 e. The first-order valence-corrected chi connectivity index (χ1v) is 9.51. The van der Waals surface area contributed by atoms with Crippen LogP contribution >= 0.6 is 12.4 Å². The van der Waals surface area contributed by atoms with Gasteiger partial charge in [0.15, 0.2) is 0 Å². The summed E-state index contributed by atoms with van der Waals surface area (Å²) in [7, 11) is 0. The van der Waals surface area contributed by atoms with Gasteiger partial charge in [-0.05, 0) is 22.3 Å². The molecule has 1 fully saturated rings. The van der Waals surface area contributed by atoms with Gasteiger partial charge in [-0.15, -0.1) is 12.4 Å². The van der Waals surface area contributed by atoms with Crippen molar-refractivity contribution in [1.82, 2.24) is 5.32 Å². The summed E-state index contributed by atoms with van der Waals surface area (Å²) >= 11 is 0. The fourth-order valence-electron chi connectivity index (χ4n) is 3.86. The summed E-state index contributed by atoms with van der Waals surface area (Å²) in [5.41, 5.74) is 3.22. The highest BCUT2D eigenvalue weighted by Crippen LogP contribution is 2.35. The van der Waals surface area contributed by atoms with Gasteiger partial charge < -0.3 is 15.2 Å². The van der Waals surface area contributed by atoms with Gasteiger partial charge in [0.25, 0.3) is 0 Å². The van der Waals surface area contributed by atoms with E-state index in [1.165, 1.54) is 0 Å². The van der Waals surface area contributed by atoms with Crippen LogP contribution in [0.1, 0.15) is 11.1 Å². The van der Waals surface area contributed by atoms with Gasteiger partial charge in [-0.25, -0.2) is 0 Å². The molecular weight excluding hydrogens is 370 g/mol. The van der Waals surface area contributed by atoms with Crippen LogP contribution in [0.15, 0.2) is 84.9 Å². The van der Waals surface area contributed by atoms with E-state index in [4.69, 9.17) is 4.74 Å². The molecule has 1 aliphatic heterocycles. The topological polar surface area (TPSA) is 41.5 Å². The second-order valence-corrected chi connectivity index (χ2v) is 7.05. The van der Waals surface area contributed by atoms with Crippen LogP contribution in [0.2, 0.25) is 0 Å². The van der Waals surface area contributed by atoms with Crippen LogP contribution < -0.4 is 5.32 Å². The van der Waals surface area contributed by atoms with E-state index in [-0.39, 0.29) is 18.5 Å². The van der Waals surface area contributed by atoms with Gasteiger partial charge in [0.1, 0.15) is 11.7 Å². The molecule has 2 atom stereocenters. The van der Waals surface area contributed by atoms with Crippen molar-refractivity contribution in [3.8, 4) is 11.1 Å². The normalized spacial score (nSPS) is 18.7. The summed E-state index contributed by atoms with van der Waals surface area (Å²) in [5.74, 6) is 0. The van der Waals surface area contributed by atoms with Gasteiger partial charge in [0.2, 0.25) is 0 Å². The maximum atomic E-state index is 11.9. The number of hydrogen-bond donors (Lipinski definition) is 2. The minimum Gasteiger partial charge on any atom is -0.382 e. The number of halogens is 1. The zero-order chi connectivity index (χ0) is 18.5. The van der Waals surface area contributed by atoms with E-state index >= 15 is 0 Å². The van der Waals surface area contributed by atoms with Crippen LogP contribution in [0, 0.1) is 0 Å². The quantitative estimate of drug-likeness (QED) is 0.680. The highest BCUT2D eigenvalue weighted by molar-refractivity contribution is 5.85. The summed E-state index contributed by atoms with van der Waals surface area (Å²) in [6, 6.07) is 28.5. The van der Waals surface area contributed by atoms with Crippen molar-refractivity contribution in [1.29, 1.82) is 0 Å². The molecule has 0 aromatic heterocycles. The summed E-state index contributed by atoms with van der Waals surface area (Å²) in [6.07, 6.45) is 0.200. The molecule has 1 aliphatic rings. The number of rotatable bonds is 5. The summed E-state index contributed by atoms with van der Waals surface area (Å²) < 4.78 is 6.00. The lowest BCUT2D eigenvalue weighted by molar-refractivity contribution is -0.124. The molecule has 0 aliphatic carbocycles. The zero-order valence-electron chi connectivity index (χ0n) is 15.8. The molecule has 1 heterocycles. The number of benzene rings is 3. The molecule has 4 rings (SSSR count). The Morgan fingerprint density at radius 1 is 0.893 bits per heavy atom. The number of aliphatic hydroxyl groups is 1. The Morgan fingerprint density at radius 2 is 1.54 bits per heavy atom. The van der Waals surface area contributed by atoms with E-state index in [0.29, 0.717) is 19.6 Å². The third kappa shape index (κ3) is 4.29. The lowest BCUT2D eigenvalue weighted by Crippen LogP contribution is -2.52. The van der Waals surface area contributed by atoms with E-state index in [2.05, 4.69) is 29.6 Å². The van der Waals surface area contributed by atoms with Gasteiger partial charge in [-0.1, -0.05) is 84.9 Å². The third-order valence-corrected chi connectivity index (χ3v) is 5.30. The van der Waals surface area contributed by atoms with Gasteiger partial charge in [0, 0.05) is 19.5 Å². The summed E-state index contributed by atoms with van der Waals surface area (Å²) in [6.45, 7) is 2.07. The molecule has 0 radical (unpaired) electrons. The summed E-state index contributed by atoms with van der Waals surface area (Å²) in [4.78, 5) is 0. The lowest BCUT2D eigenvalue weighted by atomic mass is 9.80. The van der Waals surface area contributed by atoms with Crippen molar-refractivity contribution >= 4 is 12.4 Å². The molecule has 0 amide bonds. The van der Waals surface area contributed by atoms with Gasteiger partial charge in [-0.2, -0.15) is 0 Å². The lowest BCUT2D eigenvalue weighted by Gasteiger charge is -2.39. The maximum absolute atomic E-state index is 11.9. The largest absolute Gasteiger partial charge is 0.382 e. The molecule has 1 saturated heterocycles. The molecule has 2 N–H and O–H groups in total. The van der Waals surface area contributed by atoms with Crippen molar-refractivity contribution in [2.75, 3.05) is 19.7 Å². The van der Waals surface area contributed by atoms with E-state index in [1.54, 1.807) is 0 Å². The van der Waals surface area contributed by atoms with Crippen molar-refractivity contribution in [2.24, 2.45) is 0 Å². The maximum Gasteiger partial charge on any atom is 0.121 e. The molecule has 146 valence electrons. The second-order valence-electron chi connectivity index (χ2n) is 7.05. The van der Waals surface area contributed by atoms with Crippen LogP contribution in [0.4, 0.5) is 0 Å². The van der Waals surface area contributed by atoms with Crippen molar-refractivity contribution < 1.29 is 9.84 Å². The van der Waals surface area contributed by atoms with E-state index in [1.807, 2.05) is 60.7 Å². The number of ether oxygens (including phenoxy) is 1. The molecule has 4 heteroatoms. The standard InChI is InChI=1S/C24H25NO2.ClH/c26-24(21-12-5-2-6-13-21,23-18-25-15-16-27-23)17-20-11-7-8-14-22(20)19-9-3-1-4-10-19;/h1-14,23,25-26H,15-18H2;1H/t23-,24-;/m1./s1. The number of nitrogens with one attached hydrogen (secondary N) is 1. The van der Waals surface area contributed by atoms with Gasteiger partial charge in [-0.3, -0.25) is 0 Å². The van der Waals surface area contributed by atoms with Gasteiger partial charge >= 0.3 is 0 Å². The Kier molecular flexibility index (Phi) is 6.87. The minimum absolute atomic E-state index is 0. The van der Waals surface area contributed by atoms with Crippen LogP contribution in [0.25, 0.3) is 11.1 Å². The van der Waals surface area contributed by atoms with Crippen LogP contribution in [-0.2, 0) is 16.8 Å². The molecule has 0 saturated carbocycles. The molecule has 0 spiro atoms. The average molecular weight is 396 g/mol. The highest BCUT2D eigenvalue weighted by Gasteiger charge is 2.40. The highest BCUT2D eigenvalue weighted by atomic mass is 35.5. The first kappa shape index (κ1) is 20.6. The summed E-state index contributed by atoms with van der Waals surface area (Å²) in [5, 5.41) is 15.2. The van der Waals surface area contributed by atoms with Crippen LogP contribution in [-0.4, -0.2) is 30.9 Å². The molecule has 3 nitrogen and oxygen atoms in total. The van der Waals surface area contributed by atoms with E-state index < -0.39 is 5.60 Å². The predicted octanol–water partition coefficient (Wildman–Crippen LogP) is 4.19. The van der Waals surface area contributed by atoms with Gasteiger partial charge in [0.05, 0.1) is 6.61 Å².